The molecule has 1 saturated heterocycles. The molecule has 0 bridgehead atoms. The molecule has 0 radical (unpaired) electrons. The molecule has 0 aliphatic carbocycles. The van der Waals surface area contributed by atoms with Gasteiger partial charge in [-0.3, -0.25) is 0 Å². The molecule has 6 nitrogen and oxygen atoms in total. The van der Waals surface area contributed by atoms with Gasteiger partial charge in [0, 0.05) is 6.54 Å². The van der Waals surface area contributed by atoms with Crippen LogP contribution in [0.5, 0.6) is 11.5 Å². The van der Waals surface area contributed by atoms with E-state index in [2.05, 4.69) is 10.2 Å². The van der Waals surface area contributed by atoms with Gasteiger partial charge in [-0.05, 0) is 29.9 Å². The van der Waals surface area contributed by atoms with Gasteiger partial charge in [0.25, 0.3) is 0 Å². The molecule has 0 unspecified atom stereocenters. The Morgan fingerprint density at radius 3 is 2.82 bits per heavy atom. The van der Waals surface area contributed by atoms with E-state index in [1.807, 2.05) is 18.2 Å². The number of quaternary nitrogens is 1. The van der Waals surface area contributed by atoms with Crippen LogP contribution in [-0.4, -0.2) is 61.2 Å². The number of rotatable bonds is 4. The van der Waals surface area contributed by atoms with Gasteiger partial charge in [0.2, 0.25) is 6.79 Å². The lowest BCUT2D eigenvalue weighted by atomic mass is 10.2. The Morgan fingerprint density at radius 1 is 1.27 bits per heavy atom. The van der Waals surface area contributed by atoms with E-state index in [1.165, 1.54) is 4.90 Å². The lowest BCUT2D eigenvalue weighted by Gasteiger charge is -2.33. The highest BCUT2D eigenvalue weighted by Gasteiger charge is 2.21. The second-order valence-electron chi connectivity index (χ2n) is 5.56. The molecule has 1 aromatic carbocycles. The van der Waals surface area contributed by atoms with E-state index in [0.29, 0.717) is 13.3 Å². The van der Waals surface area contributed by atoms with E-state index in [1.54, 1.807) is 0 Å². The SMILES string of the molecule is OCC[NH+]1CCN(C(=S)NCc2ccc3c(c2)OCO3)CC1. The van der Waals surface area contributed by atoms with Crippen LogP contribution in [0, 0.1) is 0 Å². The molecule has 2 aliphatic heterocycles. The monoisotopic (exact) mass is 324 g/mol. The third-order valence-electron chi connectivity index (χ3n) is 4.10. The zero-order valence-corrected chi connectivity index (χ0v) is 13.3. The molecule has 7 heteroatoms. The molecule has 0 atom stereocenters. The van der Waals surface area contributed by atoms with Crippen molar-refractivity contribution in [2.45, 2.75) is 6.54 Å². The summed E-state index contributed by atoms with van der Waals surface area (Å²) < 4.78 is 10.7. The number of nitrogens with zero attached hydrogens (tertiary/aromatic N) is 1. The number of nitrogens with one attached hydrogen (secondary N) is 2. The number of fused-ring (bicyclic) bond motifs is 1. The number of hydrogen-bond donors (Lipinski definition) is 3. The molecule has 0 aromatic heterocycles. The summed E-state index contributed by atoms with van der Waals surface area (Å²) in [5.41, 5.74) is 1.12. The Hall–Kier alpha value is -1.57. The summed E-state index contributed by atoms with van der Waals surface area (Å²) in [6.07, 6.45) is 0. The molecule has 120 valence electrons. The van der Waals surface area contributed by atoms with Crippen LogP contribution in [0.15, 0.2) is 18.2 Å². The number of thiocarbonyl (C=S) groups is 1. The van der Waals surface area contributed by atoms with Crippen LogP contribution in [0.1, 0.15) is 5.56 Å². The third-order valence-corrected chi connectivity index (χ3v) is 4.51. The third kappa shape index (κ3) is 3.60. The van der Waals surface area contributed by atoms with Gasteiger partial charge in [0.1, 0.15) is 6.54 Å². The van der Waals surface area contributed by atoms with E-state index < -0.39 is 0 Å². The fourth-order valence-corrected chi connectivity index (χ4v) is 3.03. The van der Waals surface area contributed by atoms with Gasteiger partial charge in [-0.15, -0.1) is 0 Å². The quantitative estimate of drug-likeness (QED) is 0.617. The molecule has 2 heterocycles. The maximum Gasteiger partial charge on any atom is 0.231 e. The maximum atomic E-state index is 8.98. The van der Waals surface area contributed by atoms with Crippen LogP contribution < -0.4 is 19.7 Å². The van der Waals surface area contributed by atoms with Crippen molar-refractivity contribution in [2.75, 3.05) is 46.1 Å². The van der Waals surface area contributed by atoms with Crippen molar-refractivity contribution >= 4 is 17.3 Å². The van der Waals surface area contributed by atoms with Crippen LogP contribution in [0.3, 0.4) is 0 Å². The fourth-order valence-electron chi connectivity index (χ4n) is 2.77. The minimum absolute atomic E-state index is 0.252. The van der Waals surface area contributed by atoms with Crippen molar-refractivity contribution in [3.05, 3.63) is 23.8 Å². The summed E-state index contributed by atoms with van der Waals surface area (Å²) in [5.74, 6) is 1.60. The minimum Gasteiger partial charge on any atom is -0.454 e. The molecule has 22 heavy (non-hydrogen) atoms. The molecule has 3 rings (SSSR count). The zero-order chi connectivity index (χ0) is 15.4. The van der Waals surface area contributed by atoms with Gasteiger partial charge in [0.15, 0.2) is 16.6 Å². The summed E-state index contributed by atoms with van der Waals surface area (Å²) in [4.78, 5) is 3.64. The van der Waals surface area contributed by atoms with Gasteiger partial charge < -0.3 is 29.7 Å². The summed E-state index contributed by atoms with van der Waals surface area (Å²) in [5, 5.41) is 13.1. The first-order valence-electron chi connectivity index (χ1n) is 7.62. The average molecular weight is 324 g/mol. The summed E-state index contributed by atoms with van der Waals surface area (Å²) in [6.45, 7) is 5.96. The zero-order valence-electron chi connectivity index (χ0n) is 12.5. The largest absolute Gasteiger partial charge is 0.454 e. The summed E-state index contributed by atoms with van der Waals surface area (Å²) >= 11 is 5.48. The predicted molar refractivity (Wildman–Crippen MR) is 86.2 cm³/mol. The Bertz CT molecular complexity index is 533. The highest BCUT2D eigenvalue weighted by atomic mass is 32.1. The van der Waals surface area contributed by atoms with Crippen molar-refractivity contribution in [3.8, 4) is 11.5 Å². The van der Waals surface area contributed by atoms with Crippen molar-refractivity contribution in [1.82, 2.24) is 10.2 Å². The van der Waals surface area contributed by atoms with Crippen LogP contribution in [0.4, 0.5) is 0 Å². The van der Waals surface area contributed by atoms with Crippen molar-refractivity contribution in [1.29, 1.82) is 0 Å². The molecular weight excluding hydrogens is 302 g/mol. The first-order chi connectivity index (χ1) is 10.8. The minimum atomic E-state index is 0.252. The van der Waals surface area contributed by atoms with Gasteiger partial charge >= 0.3 is 0 Å². The van der Waals surface area contributed by atoms with Gasteiger partial charge in [-0.1, -0.05) is 6.07 Å². The highest BCUT2D eigenvalue weighted by Crippen LogP contribution is 2.32. The van der Waals surface area contributed by atoms with Crippen molar-refractivity contribution < 1.29 is 19.5 Å². The molecule has 1 aromatic rings. The van der Waals surface area contributed by atoms with Gasteiger partial charge in [-0.25, -0.2) is 0 Å². The number of hydrogen-bond acceptors (Lipinski definition) is 4. The fraction of sp³-hybridized carbons (Fsp3) is 0.533. The highest BCUT2D eigenvalue weighted by molar-refractivity contribution is 7.80. The van der Waals surface area contributed by atoms with Gasteiger partial charge in [-0.2, -0.15) is 0 Å². The number of piperazine rings is 1. The second-order valence-corrected chi connectivity index (χ2v) is 5.94. The maximum absolute atomic E-state index is 8.98. The van der Waals surface area contributed by atoms with Gasteiger partial charge in [0.05, 0.1) is 32.8 Å². The lowest BCUT2D eigenvalue weighted by molar-refractivity contribution is -0.904. The lowest BCUT2D eigenvalue weighted by Crippen LogP contribution is -3.15. The second kappa shape index (κ2) is 7.13. The smallest absolute Gasteiger partial charge is 0.231 e. The van der Waals surface area contributed by atoms with E-state index >= 15 is 0 Å². The first kappa shape index (κ1) is 15.3. The number of ether oxygens (including phenoxy) is 2. The standard InChI is InChI=1S/C15H21N3O3S/c19-8-7-17-3-5-18(6-4-17)15(22)16-10-12-1-2-13-14(9-12)21-11-20-13/h1-2,9,19H,3-8,10-11H2,(H,16,22)/p+1. The molecule has 1 fully saturated rings. The van der Waals surface area contributed by atoms with E-state index in [9.17, 15) is 0 Å². The molecule has 0 amide bonds. The van der Waals surface area contributed by atoms with E-state index in [0.717, 1.165) is 54.9 Å². The number of benzene rings is 1. The Morgan fingerprint density at radius 2 is 2.05 bits per heavy atom. The topological polar surface area (TPSA) is 58.4 Å². The van der Waals surface area contributed by atoms with E-state index in [4.69, 9.17) is 26.8 Å². The van der Waals surface area contributed by atoms with Crippen LogP contribution >= 0.6 is 12.2 Å². The van der Waals surface area contributed by atoms with Crippen molar-refractivity contribution in [2.24, 2.45) is 0 Å². The van der Waals surface area contributed by atoms with Crippen molar-refractivity contribution in [3.63, 3.8) is 0 Å². The predicted octanol–water partition coefficient (Wildman–Crippen LogP) is -1.02. The Labute approximate surface area is 135 Å². The van der Waals surface area contributed by atoms with Crippen LogP contribution in [0.25, 0.3) is 0 Å². The van der Waals surface area contributed by atoms with Crippen LogP contribution in [0.2, 0.25) is 0 Å². The summed E-state index contributed by atoms with van der Waals surface area (Å²) in [6, 6.07) is 5.94. The molecule has 0 spiro atoms. The van der Waals surface area contributed by atoms with E-state index in [-0.39, 0.29) is 6.61 Å². The molecule has 2 aliphatic rings. The number of aliphatic hydroxyl groups is 1. The molecular formula is C15H22N3O3S+. The number of aliphatic hydroxyl groups excluding tert-OH is 1. The molecule has 0 saturated carbocycles. The molecule has 3 N–H and O–H groups in total. The Kier molecular flexibility index (Phi) is 4.97. The summed E-state index contributed by atoms with van der Waals surface area (Å²) in [7, 11) is 0. The average Bonchev–Trinajstić information content (AvgIpc) is 3.01. The normalized spacial score (nSPS) is 17.6. The first-order valence-corrected chi connectivity index (χ1v) is 8.03. The van der Waals surface area contributed by atoms with Crippen LogP contribution in [-0.2, 0) is 6.54 Å². The Balaban J connectivity index is 1.46.